The summed E-state index contributed by atoms with van der Waals surface area (Å²) >= 11 is 0. The largest absolute Gasteiger partial charge is 0.451 e. The van der Waals surface area contributed by atoms with Gasteiger partial charge in [-0.25, -0.2) is 24.4 Å². The van der Waals surface area contributed by atoms with Crippen molar-refractivity contribution in [1.29, 1.82) is 0 Å². The minimum atomic E-state index is -4.71. The number of aryl methyl sites for hydroxylation is 2. The number of pyridine rings is 1. The molecule has 3 aromatic rings. The molecule has 0 saturated heterocycles. The summed E-state index contributed by atoms with van der Waals surface area (Å²) in [7, 11) is 1.49. The van der Waals surface area contributed by atoms with Gasteiger partial charge in [-0.05, 0) is 19.1 Å². The number of nitrogens with two attached hydrogens (primary N) is 1. The van der Waals surface area contributed by atoms with Gasteiger partial charge in [0.15, 0.2) is 5.69 Å². The second-order valence-electron chi connectivity index (χ2n) is 5.86. The predicted molar refractivity (Wildman–Crippen MR) is 94.2 cm³/mol. The number of nitrogens with zero attached hydrogens (tertiary/aromatic N) is 6. The molecule has 0 saturated carbocycles. The molecule has 0 atom stereocenters. The van der Waals surface area contributed by atoms with E-state index in [2.05, 4.69) is 30.6 Å². The lowest BCUT2D eigenvalue weighted by molar-refractivity contribution is -0.145. The minimum Gasteiger partial charge on any atom is -0.389 e. The molecule has 0 aliphatic carbocycles. The number of hydrogen-bond acceptors (Lipinski definition) is 8. The summed E-state index contributed by atoms with van der Waals surface area (Å²) in [4.78, 5) is 33.9. The van der Waals surface area contributed by atoms with E-state index in [1.807, 2.05) is 0 Å². The summed E-state index contributed by atoms with van der Waals surface area (Å²) in [5, 5.41) is 10.1. The van der Waals surface area contributed by atoms with Gasteiger partial charge in [0.2, 0.25) is 5.82 Å². The smallest absolute Gasteiger partial charge is 0.389 e. The number of nitrogens with one attached hydrogen (secondary N) is 1. The third-order valence-corrected chi connectivity index (χ3v) is 3.72. The first kappa shape index (κ1) is 20.6. The van der Waals surface area contributed by atoms with Gasteiger partial charge in [0, 0.05) is 19.4 Å². The summed E-state index contributed by atoms with van der Waals surface area (Å²) in [6.07, 6.45) is -4.21. The molecule has 0 bridgehead atoms. The molecule has 3 rings (SSSR count). The van der Waals surface area contributed by atoms with Crippen molar-refractivity contribution in [3.63, 3.8) is 0 Å². The average Bonchev–Trinajstić information content (AvgIpc) is 3.02. The zero-order valence-corrected chi connectivity index (χ0v) is 15.4. The van der Waals surface area contributed by atoms with Crippen LogP contribution in [0.4, 0.5) is 23.7 Å². The number of primary amides is 1. The highest BCUT2D eigenvalue weighted by molar-refractivity contribution is 6.04. The lowest BCUT2D eigenvalue weighted by Crippen LogP contribution is -2.18. The molecule has 14 heteroatoms. The predicted octanol–water partition coefficient (Wildman–Crippen LogP) is 1.70. The zero-order chi connectivity index (χ0) is 22.1. The molecule has 0 aliphatic heterocycles. The van der Waals surface area contributed by atoms with Crippen LogP contribution in [0.5, 0.6) is 5.88 Å². The number of alkyl halides is 3. The van der Waals surface area contributed by atoms with Gasteiger partial charge >= 0.3 is 12.3 Å². The fraction of sp³-hybridized carbons (Fsp3) is 0.188. The van der Waals surface area contributed by atoms with Crippen LogP contribution < -0.4 is 15.8 Å². The van der Waals surface area contributed by atoms with Crippen molar-refractivity contribution in [2.75, 3.05) is 5.32 Å². The number of hydrogen-bond donors (Lipinski definition) is 2. The quantitative estimate of drug-likeness (QED) is 0.645. The Morgan fingerprint density at radius 2 is 1.87 bits per heavy atom. The average molecular weight is 422 g/mol. The number of halogens is 3. The maximum absolute atomic E-state index is 12.5. The molecule has 0 aromatic carbocycles. The Kier molecular flexibility index (Phi) is 5.31. The van der Waals surface area contributed by atoms with E-state index in [9.17, 15) is 22.8 Å². The van der Waals surface area contributed by atoms with Crippen LogP contribution in [0.3, 0.4) is 0 Å². The molecule has 0 aliphatic rings. The molecule has 0 unspecified atom stereocenters. The highest BCUT2D eigenvalue weighted by Gasteiger charge is 2.34. The van der Waals surface area contributed by atoms with Gasteiger partial charge in [0.05, 0.1) is 22.6 Å². The zero-order valence-electron chi connectivity index (χ0n) is 15.4. The molecule has 11 nitrogen and oxygen atoms in total. The molecular weight excluding hydrogens is 409 g/mol. The van der Waals surface area contributed by atoms with Crippen LogP contribution in [0.25, 0.3) is 11.4 Å². The van der Waals surface area contributed by atoms with E-state index in [4.69, 9.17) is 10.5 Å². The Labute approximate surface area is 166 Å². The first-order chi connectivity index (χ1) is 14.1. The Morgan fingerprint density at radius 3 is 2.43 bits per heavy atom. The summed E-state index contributed by atoms with van der Waals surface area (Å²) < 4.78 is 43.6. The van der Waals surface area contributed by atoms with Gasteiger partial charge < -0.3 is 15.8 Å². The molecule has 3 N–H and O–H groups in total. The van der Waals surface area contributed by atoms with E-state index in [1.54, 1.807) is 6.92 Å². The summed E-state index contributed by atoms with van der Waals surface area (Å²) in [6.45, 7) is 1.58. The molecule has 0 spiro atoms. The monoisotopic (exact) mass is 422 g/mol. The van der Waals surface area contributed by atoms with Crippen molar-refractivity contribution >= 4 is 17.7 Å². The summed E-state index contributed by atoms with van der Waals surface area (Å²) in [5.74, 6) is -2.09. The number of ether oxygens (including phenoxy) is 1. The van der Waals surface area contributed by atoms with Crippen molar-refractivity contribution in [2.45, 2.75) is 13.1 Å². The van der Waals surface area contributed by atoms with E-state index >= 15 is 0 Å². The maximum Gasteiger partial charge on any atom is 0.451 e. The summed E-state index contributed by atoms with van der Waals surface area (Å²) in [5.41, 5.74) is 5.92. The van der Waals surface area contributed by atoms with Gasteiger partial charge in [-0.15, -0.1) is 5.10 Å². The number of amides is 2. The van der Waals surface area contributed by atoms with Crippen LogP contribution >= 0.6 is 0 Å². The fourth-order valence-corrected chi connectivity index (χ4v) is 2.33. The molecule has 0 fully saturated rings. The number of carbonyl (C=O) groups is 2. The first-order valence-corrected chi connectivity index (χ1v) is 8.12. The molecule has 30 heavy (non-hydrogen) atoms. The molecule has 3 aromatic heterocycles. The van der Waals surface area contributed by atoms with Crippen molar-refractivity contribution in [3.05, 3.63) is 41.6 Å². The third kappa shape index (κ3) is 4.31. The van der Waals surface area contributed by atoms with Crippen molar-refractivity contribution in [3.8, 4) is 17.3 Å². The lowest BCUT2D eigenvalue weighted by atomic mass is 10.2. The molecule has 0 radical (unpaired) electrons. The Bertz CT molecular complexity index is 1110. The van der Waals surface area contributed by atoms with Crippen LogP contribution in [0.1, 0.15) is 21.9 Å². The van der Waals surface area contributed by atoms with Gasteiger partial charge in [0.1, 0.15) is 0 Å². The number of anilines is 1. The van der Waals surface area contributed by atoms with Gasteiger partial charge in [-0.2, -0.15) is 13.2 Å². The maximum atomic E-state index is 12.5. The van der Waals surface area contributed by atoms with Crippen LogP contribution in [0.2, 0.25) is 0 Å². The van der Waals surface area contributed by atoms with E-state index in [1.165, 1.54) is 23.9 Å². The highest BCUT2D eigenvalue weighted by Crippen LogP contribution is 2.28. The lowest BCUT2D eigenvalue weighted by Gasteiger charge is -2.10. The van der Waals surface area contributed by atoms with Crippen molar-refractivity contribution < 1.29 is 27.5 Å². The van der Waals surface area contributed by atoms with E-state index < -0.39 is 24.0 Å². The van der Waals surface area contributed by atoms with Gasteiger partial charge in [-0.1, -0.05) is 5.21 Å². The van der Waals surface area contributed by atoms with Crippen LogP contribution in [-0.2, 0) is 13.2 Å². The fourth-order valence-electron chi connectivity index (χ4n) is 2.33. The van der Waals surface area contributed by atoms with E-state index in [0.29, 0.717) is 5.69 Å². The van der Waals surface area contributed by atoms with Crippen molar-refractivity contribution in [2.24, 2.45) is 12.8 Å². The minimum absolute atomic E-state index is 0.0203. The Hall–Kier alpha value is -4.10. The summed E-state index contributed by atoms with van der Waals surface area (Å²) in [6, 6.07) is 2.97. The first-order valence-electron chi connectivity index (χ1n) is 8.12. The van der Waals surface area contributed by atoms with Crippen molar-refractivity contribution in [1.82, 2.24) is 29.9 Å². The Balaban J connectivity index is 1.81. The second-order valence-corrected chi connectivity index (χ2v) is 5.86. The number of aromatic nitrogens is 6. The van der Waals surface area contributed by atoms with Crippen LogP contribution in [0, 0.1) is 6.92 Å². The molecule has 156 valence electrons. The third-order valence-electron chi connectivity index (χ3n) is 3.72. The molecule has 2 amide bonds. The number of rotatable bonds is 4. The van der Waals surface area contributed by atoms with E-state index in [0.717, 1.165) is 12.4 Å². The van der Waals surface area contributed by atoms with Crippen LogP contribution in [-0.4, -0.2) is 41.9 Å². The highest BCUT2D eigenvalue weighted by atomic mass is 19.4. The molecule has 3 heterocycles. The van der Waals surface area contributed by atoms with Crippen LogP contribution in [0.15, 0.2) is 24.5 Å². The topological polar surface area (TPSA) is 151 Å². The standard InChI is InChI=1S/C16H13F3N8O3/c1-7-9(24-12(28)8-5-21-14(22-6-8)16(17,18)19)3-4-10(23-7)11-13(30-15(20)29)27(2)26-25-11/h3-6H,1-2H3,(H2,20,29)(H,24,28). The normalized spacial score (nSPS) is 11.2. The second kappa shape index (κ2) is 7.73. The Morgan fingerprint density at radius 1 is 1.20 bits per heavy atom. The SMILES string of the molecule is Cc1nc(-c2nnn(C)c2OC(N)=O)ccc1NC(=O)c1cnc(C(F)(F)F)nc1. The molecular formula is C16H13F3N8O3. The van der Waals surface area contributed by atoms with Gasteiger partial charge in [0.25, 0.3) is 11.8 Å². The number of carbonyl (C=O) groups excluding carboxylic acids is 2. The van der Waals surface area contributed by atoms with Gasteiger partial charge in [-0.3, -0.25) is 4.79 Å². The van der Waals surface area contributed by atoms with E-state index in [-0.39, 0.29) is 28.5 Å².